The number of rotatable bonds is 3. The number of methoxy groups -OCH3 is 1. The Morgan fingerprint density at radius 1 is 1.41 bits per heavy atom. The molecule has 90 valence electrons. The zero-order valence-electron chi connectivity index (χ0n) is 10.1. The van der Waals surface area contributed by atoms with Crippen LogP contribution in [0.25, 0.3) is 0 Å². The molecule has 1 fully saturated rings. The molecule has 0 aliphatic carbocycles. The van der Waals surface area contributed by atoms with Crippen molar-refractivity contribution in [3.63, 3.8) is 0 Å². The fourth-order valence-electron chi connectivity index (χ4n) is 2.07. The average Bonchev–Trinajstić information content (AvgIpc) is 2.77. The molecule has 0 spiro atoms. The van der Waals surface area contributed by atoms with E-state index in [1.165, 1.54) is 12.7 Å². The monoisotopic (exact) mass is 231 g/mol. The van der Waals surface area contributed by atoms with Crippen LogP contribution in [0.15, 0.2) is 42.0 Å². The van der Waals surface area contributed by atoms with Crippen molar-refractivity contribution in [3.05, 3.63) is 47.5 Å². The molecule has 0 unspecified atom stereocenters. The van der Waals surface area contributed by atoms with Gasteiger partial charge in [-0.25, -0.2) is 4.79 Å². The lowest BCUT2D eigenvalue weighted by Gasteiger charge is -2.13. The second-order valence-electron chi connectivity index (χ2n) is 4.27. The number of likely N-dealkylation sites (tertiary alicyclic amines) is 1. The third-order valence-electron chi connectivity index (χ3n) is 2.95. The zero-order valence-corrected chi connectivity index (χ0v) is 10.1. The summed E-state index contributed by atoms with van der Waals surface area (Å²) in [6, 6.07) is 10.4. The molecule has 0 bridgehead atoms. The van der Waals surface area contributed by atoms with Gasteiger partial charge in [-0.2, -0.15) is 0 Å². The third-order valence-corrected chi connectivity index (χ3v) is 2.95. The molecule has 0 radical (unpaired) electrons. The smallest absolute Gasteiger partial charge is 0.330 e. The van der Waals surface area contributed by atoms with E-state index in [4.69, 9.17) is 0 Å². The summed E-state index contributed by atoms with van der Waals surface area (Å²) in [6.07, 6.45) is 2.58. The standard InChI is InChI=1S/C14H17NO2/c1-17-14(16)9-13-7-8-15(11-13)10-12-5-3-2-4-6-12/h2-6,9H,7-8,10-11H2,1H3/b13-9-. The summed E-state index contributed by atoms with van der Waals surface area (Å²) >= 11 is 0. The molecule has 1 aromatic carbocycles. The normalized spacial score (nSPS) is 18.5. The summed E-state index contributed by atoms with van der Waals surface area (Å²) in [6.45, 7) is 2.82. The van der Waals surface area contributed by atoms with E-state index in [0.717, 1.165) is 31.6 Å². The molecule has 0 amide bonds. The number of esters is 1. The minimum atomic E-state index is -0.249. The average molecular weight is 231 g/mol. The molecular weight excluding hydrogens is 214 g/mol. The van der Waals surface area contributed by atoms with E-state index in [0.29, 0.717) is 0 Å². The Balaban J connectivity index is 1.90. The maximum atomic E-state index is 11.1. The first-order valence-corrected chi connectivity index (χ1v) is 5.81. The second-order valence-corrected chi connectivity index (χ2v) is 4.27. The highest BCUT2D eigenvalue weighted by Crippen LogP contribution is 2.17. The highest BCUT2D eigenvalue weighted by atomic mass is 16.5. The predicted octanol–water partition coefficient (Wildman–Crippen LogP) is 1.99. The van der Waals surface area contributed by atoms with Crippen LogP contribution in [0.2, 0.25) is 0 Å². The number of carbonyl (C=O) groups excluding carboxylic acids is 1. The summed E-state index contributed by atoms with van der Waals surface area (Å²) in [7, 11) is 1.41. The Bertz CT molecular complexity index is 411. The van der Waals surface area contributed by atoms with Crippen molar-refractivity contribution in [1.82, 2.24) is 4.90 Å². The molecule has 0 aromatic heterocycles. The maximum Gasteiger partial charge on any atom is 0.330 e. The highest BCUT2D eigenvalue weighted by molar-refractivity contribution is 5.82. The van der Waals surface area contributed by atoms with Gasteiger partial charge in [0.2, 0.25) is 0 Å². The highest BCUT2D eigenvalue weighted by Gasteiger charge is 2.17. The first-order valence-electron chi connectivity index (χ1n) is 5.81. The lowest BCUT2D eigenvalue weighted by molar-refractivity contribution is -0.134. The first kappa shape index (κ1) is 11.9. The van der Waals surface area contributed by atoms with Crippen LogP contribution in [0, 0.1) is 0 Å². The van der Waals surface area contributed by atoms with Gasteiger partial charge in [0.1, 0.15) is 0 Å². The molecule has 3 nitrogen and oxygen atoms in total. The fourth-order valence-corrected chi connectivity index (χ4v) is 2.07. The van der Waals surface area contributed by atoms with Gasteiger partial charge >= 0.3 is 5.97 Å². The van der Waals surface area contributed by atoms with Crippen molar-refractivity contribution in [2.75, 3.05) is 20.2 Å². The van der Waals surface area contributed by atoms with Gasteiger partial charge < -0.3 is 4.74 Å². The van der Waals surface area contributed by atoms with E-state index >= 15 is 0 Å². The molecule has 1 saturated heterocycles. The van der Waals surface area contributed by atoms with Crippen molar-refractivity contribution in [3.8, 4) is 0 Å². The van der Waals surface area contributed by atoms with Crippen molar-refractivity contribution in [1.29, 1.82) is 0 Å². The Morgan fingerprint density at radius 2 is 2.18 bits per heavy atom. The van der Waals surface area contributed by atoms with Gasteiger partial charge in [0.25, 0.3) is 0 Å². The lowest BCUT2D eigenvalue weighted by atomic mass is 10.2. The van der Waals surface area contributed by atoms with E-state index < -0.39 is 0 Å². The summed E-state index contributed by atoms with van der Waals surface area (Å²) in [5, 5.41) is 0. The molecule has 17 heavy (non-hydrogen) atoms. The summed E-state index contributed by atoms with van der Waals surface area (Å²) in [5.41, 5.74) is 2.47. The quantitative estimate of drug-likeness (QED) is 0.588. The largest absolute Gasteiger partial charge is 0.466 e. The number of hydrogen-bond acceptors (Lipinski definition) is 3. The third kappa shape index (κ3) is 3.43. The van der Waals surface area contributed by atoms with Crippen molar-refractivity contribution < 1.29 is 9.53 Å². The van der Waals surface area contributed by atoms with Crippen molar-refractivity contribution >= 4 is 5.97 Å². The zero-order chi connectivity index (χ0) is 12.1. The molecule has 1 aromatic rings. The molecule has 1 aliphatic heterocycles. The number of carbonyl (C=O) groups is 1. The van der Waals surface area contributed by atoms with Crippen molar-refractivity contribution in [2.45, 2.75) is 13.0 Å². The van der Waals surface area contributed by atoms with Gasteiger partial charge in [-0.3, -0.25) is 4.90 Å². The van der Waals surface area contributed by atoms with Crippen LogP contribution in [0.5, 0.6) is 0 Å². The van der Waals surface area contributed by atoms with Crippen LogP contribution in [0.3, 0.4) is 0 Å². The first-order chi connectivity index (χ1) is 8.28. The number of hydrogen-bond donors (Lipinski definition) is 0. The van der Waals surface area contributed by atoms with E-state index in [1.54, 1.807) is 6.08 Å². The summed E-state index contributed by atoms with van der Waals surface area (Å²) in [5.74, 6) is -0.249. The van der Waals surface area contributed by atoms with E-state index in [9.17, 15) is 4.79 Å². The van der Waals surface area contributed by atoms with Gasteiger partial charge in [-0.15, -0.1) is 0 Å². The topological polar surface area (TPSA) is 29.5 Å². The van der Waals surface area contributed by atoms with Gasteiger partial charge in [0, 0.05) is 25.7 Å². The molecular formula is C14H17NO2. The van der Waals surface area contributed by atoms with Crippen LogP contribution >= 0.6 is 0 Å². The molecule has 0 N–H and O–H groups in total. The number of benzene rings is 1. The number of ether oxygens (including phenoxy) is 1. The number of nitrogens with zero attached hydrogens (tertiary/aromatic N) is 1. The Labute approximate surface area is 102 Å². The van der Waals surface area contributed by atoms with Gasteiger partial charge in [-0.05, 0) is 17.6 Å². The van der Waals surface area contributed by atoms with Crippen LogP contribution in [0.1, 0.15) is 12.0 Å². The summed E-state index contributed by atoms with van der Waals surface area (Å²) < 4.78 is 4.63. The summed E-state index contributed by atoms with van der Waals surface area (Å²) in [4.78, 5) is 13.5. The van der Waals surface area contributed by atoms with Gasteiger partial charge in [0.15, 0.2) is 0 Å². The van der Waals surface area contributed by atoms with Crippen LogP contribution in [-0.4, -0.2) is 31.1 Å². The molecule has 2 rings (SSSR count). The van der Waals surface area contributed by atoms with Gasteiger partial charge in [0.05, 0.1) is 7.11 Å². The molecule has 1 heterocycles. The van der Waals surface area contributed by atoms with Crippen molar-refractivity contribution in [2.24, 2.45) is 0 Å². The molecule has 0 atom stereocenters. The van der Waals surface area contributed by atoms with E-state index in [2.05, 4.69) is 33.9 Å². The van der Waals surface area contributed by atoms with Crippen LogP contribution in [-0.2, 0) is 16.1 Å². The lowest BCUT2D eigenvalue weighted by Crippen LogP contribution is -2.18. The van der Waals surface area contributed by atoms with E-state index in [-0.39, 0.29) is 5.97 Å². The second kappa shape index (κ2) is 5.64. The van der Waals surface area contributed by atoms with E-state index in [1.807, 2.05) is 6.07 Å². The van der Waals surface area contributed by atoms with Gasteiger partial charge in [-0.1, -0.05) is 30.3 Å². The molecule has 3 heteroatoms. The Hall–Kier alpha value is -1.61. The Kier molecular flexibility index (Phi) is 3.94. The van der Waals surface area contributed by atoms with Crippen LogP contribution in [0.4, 0.5) is 0 Å². The minimum Gasteiger partial charge on any atom is -0.466 e. The Morgan fingerprint density at radius 3 is 2.88 bits per heavy atom. The molecule has 1 aliphatic rings. The SMILES string of the molecule is COC(=O)/C=C1/CCN(Cc2ccccc2)C1. The predicted molar refractivity (Wildman–Crippen MR) is 66.4 cm³/mol. The van der Waals surface area contributed by atoms with Crippen LogP contribution < -0.4 is 0 Å². The minimum absolute atomic E-state index is 0.249. The maximum absolute atomic E-state index is 11.1. The fraction of sp³-hybridized carbons (Fsp3) is 0.357. The molecule has 0 saturated carbocycles.